The lowest BCUT2D eigenvalue weighted by atomic mass is 10.2. The Bertz CT molecular complexity index is 941. The SMILES string of the molecule is C[C@H](N)c1nc(-c2ccccc2)nn1CC(=O)NCCc1nc2c(s1)CCC2. The summed E-state index contributed by atoms with van der Waals surface area (Å²) in [5.74, 6) is 1.08. The van der Waals surface area contributed by atoms with Crippen molar-refractivity contribution in [1.29, 1.82) is 0 Å². The second kappa shape index (κ2) is 8.20. The molecule has 1 aliphatic rings. The molecule has 4 rings (SSSR count). The van der Waals surface area contributed by atoms with E-state index in [0.717, 1.165) is 29.8 Å². The van der Waals surface area contributed by atoms with Crippen LogP contribution >= 0.6 is 11.3 Å². The maximum Gasteiger partial charge on any atom is 0.241 e. The van der Waals surface area contributed by atoms with Gasteiger partial charge in [-0.15, -0.1) is 11.3 Å². The highest BCUT2D eigenvalue weighted by Crippen LogP contribution is 2.27. The van der Waals surface area contributed by atoms with E-state index in [1.807, 2.05) is 37.3 Å². The molecular formula is C20H24N6OS. The number of nitrogens with one attached hydrogen (secondary N) is 1. The Morgan fingerprint density at radius 1 is 1.29 bits per heavy atom. The largest absolute Gasteiger partial charge is 0.354 e. The Morgan fingerprint density at radius 2 is 2.11 bits per heavy atom. The minimum Gasteiger partial charge on any atom is -0.354 e. The molecule has 1 aromatic carbocycles. The molecule has 146 valence electrons. The number of nitrogens with two attached hydrogens (primary N) is 1. The Morgan fingerprint density at radius 3 is 2.86 bits per heavy atom. The zero-order valence-electron chi connectivity index (χ0n) is 15.9. The molecule has 0 radical (unpaired) electrons. The van der Waals surface area contributed by atoms with Crippen molar-refractivity contribution in [3.8, 4) is 11.4 Å². The van der Waals surface area contributed by atoms with E-state index in [2.05, 4.69) is 20.4 Å². The van der Waals surface area contributed by atoms with Crippen molar-refractivity contribution in [1.82, 2.24) is 25.1 Å². The summed E-state index contributed by atoms with van der Waals surface area (Å²) in [6, 6.07) is 9.38. The lowest BCUT2D eigenvalue weighted by Crippen LogP contribution is -2.31. The van der Waals surface area contributed by atoms with Gasteiger partial charge in [0.05, 0.1) is 16.7 Å². The number of rotatable bonds is 7. The van der Waals surface area contributed by atoms with E-state index < -0.39 is 0 Å². The zero-order chi connectivity index (χ0) is 19.5. The van der Waals surface area contributed by atoms with Crippen LogP contribution in [0.1, 0.15) is 40.8 Å². The lowest BCUT2D eigenvalue weighted by molar-refractivity contribution is -0.121. The van der Waals surface area contributed by atoms with Gasteiger partial charge in [-0.2, -0.15) is 5.10 Å². The number of carbonyl (C=O) groups excluding carboxylic acids is 1. The van der Waals surface area contributed by atoms with Gasteiger partial charge in [0, 0.05) is 23.4 Å². The monoisotopic (exact) mass is 396 g/mol. The van der Waals surface area contributed by atoms with Gasteiger partial charge >= 0.3 is 0 Å². The number of nitrogens with zero attached hydrogens (tertiary/aromatic N) is 4. The molecule has 3 N–H and O–H groups in total. The van der Waals surface area contributed by atoms with Crippen molar-refractivity contribution in [2.75, 3.05) is 6.54 Å². The molecule has 0 saturated carbocycles. The van der Waals surface area contributed by atoms with E-state index in [1.54, 1.807) is 16.0 Å². The number of fused-ring (bicyclic) bond motifs is 1. The summed E-state index contributed by atoms with van der Waals surface area (Å²) in [5.41, 5.74) is 8.19. The van der Waals surface area contributed by atoms with Crippen LogP contribution in [-0.2, 0) is 30.6 Å². The highest BCUT2D eigenvalue weighted by molar-refractivity contribution is 7.11. The van der Waals surface area contributed by atoms with E-state index in [1.165, 1.54) is 17.0 Å². The quantitative estimate of drug-likeness (QED) is 0.638. The topological polar surface area (TPSA) is 98.7 Å². The number of benzene rings is 1. The molecule has 0 saturated heterocycles. The molecule has 2 aromatic heterocycles. The Balaban J connectivity index is 1.37. The van der Waals surface area contributed by atoms with Gasteiger partial charge in [0.25, 0.3) is 0 Å². The summed E-state index contributed by atoms with van der Waals surface area (Å²) in [4.78, 5) is 23.0. The van der Waals surface area contributed by atoms with Crippen LogP contribution in [0.5, 0.6) is 0 Å². The fourth-order valence-electron chi connectivity index (χ4n) is 3.37. The molecule has 8 heteroatoms. The highest BCUT2D eigenvalue weighted by atomic mass is 32.1. The van der Waals surface area contributed by atoms with E-state index in [9.17, 15) is 4.79 Å². The van der Waals surface area contributed by atoms with Gasteiger partial charge in [0.1, 0.15) is 12.4 Å². The first-order chi connectivity index (χ1) is 13.6. The van der Waals surface area contributed by atoms with Gasteiger partial charge < -0.3 is 11.1 Å². The van der Waals surface area contributed by atoms with Crippen molar-refractivity contribution in [3.63, 3.8) is 0 Å². The van der Waals surface area contributed by atoms with Crippen LogP contribution in [0.4, 0.5) is 0 Å². The van der Waals surface area contributed by atoms with E-state index in [-0.39, 0.29) is 18.5 Å². The van der Waals surface area contributed by atoms with Gasteiger partial charge in [-0.05, 0) is 26.2 Å². The normalized spacial score (nSPS) is 14.1. The van der Waals surface area contributed by atoms with E-state index in [4.69, 9.17) is 5.73 Å². The third kappa shape index (κ3) is 4.13. The van der Waals surface area contributed by atoms with Gasteiger partial charge in [-0.1, -0.05) is 30.3 Å². The van der Waals surface area contributed by atoms with Gasteiger partial charge in [-0.3, -0.25) is 4.79 Å². The average Bonchev–Trinajstić information content (AvgIpc) is 3.37. The minimum absolute atomic E-state index is 0.101. The summed E-state index contributed by atoms with van der Waals surface area (Å²) in [6.07, 6.45) is 4.22. The Hall–Kier alpha value is -2.58. The number of aryl methyl sites for hydroxylation is 2. The second-order valence-corrected chi connectivity index (χ2v) is 8.21. The molecular weight excluding hydrogens is 372 g/mol. The van der Waals surface area contributed by atoms with Crippen molar-refractivity contribution < 1.29 is 4.79 Å². The van der Waals surface area contributed by atoms with Crippen LogP contribution < -0.4 is 11.1 Å². The summed E-state index contributed by atoms with van der Waals surface area (Å²) >= 11 is 1.78. The second-order valence-electron chi connectivity index (χ2n) is 7.04. The molecule has 28 heavy (non-hydrogen) atoms. The molecule has 0 spiro atoms. The zero-order valence-corrected chi connectivity index (χ0v) is 16.7. The molecule has 1 amide bonds. The number of aromatic nitrogens is 4. The fourth-order valence-corrected chi connectivity index (χ4v) is 4.52. The van der Waals surface area contributed by atoms with E-state index >= 15 is 0 Å². The van der Waals surface area contributed by atoms with Crippen LogP contribution in [0, 0.1) is 0 Å². The van der Waals surface area contributed by atoms with Crippen molar-refractivity contribution in [2.45, 2.75) is 45.2 Å². The van der Waals surface area contributed by atoms with Gasteiger partial charge in [-0.25, -0.2) is 14.6 Å². The molecule has 0 aliphatic heterocycles. The summed E-state index contributed by atoms with van der Waals surface area (Å²) < 4.78 is 1.60. The van der Waals surface area contributed by atoms with Crippen molar-refractivity contribution >= 4 is 17.2 Å². The Kier molecular flexibility index (Phi) is 5.50. The summed E-state index contributed by atoms with van der Waals surface area (Å²) in [6.45, 7) is 2.51. The van der Waals surface area contributed by atoms with Crippen molar-refractivity contribution in [3.05, 3.63) is 51.7 Å². The standard InChI is InChI=1S/C20H24N6OS/c1-13(21)20-24-19(14-6-3-2-4-7-14)25-26(20)12-17(27)22-11-10-18-23-15-8-5-9-16(15)28-18/h2-4,6-7,13H,5,8-12,21H2,1H3,(H,22,27)/t13-/m0/s1. The third-order valence-electron chi connectivity index (χ3n) is 4.73. The van der Waals surface area contributed by atoms with Crippen LogP contribution in [-0.4, -0.2) is 32.2 Å². The first-order valence-corrected chi connectivity index (χ1v) is 10.4. The number of amides is 1. The molecule has 1 atom stereocenters. The predicted octanol–water partition coefficient (Wildman–Crippen LogP) is 2.27. The molecule has 0 bridgehead atoms. The molecule has 0 fully saturated rings. The number of hydrogen-bond acceptors (Lipinski definition) is 6. The smallest absolute Gasteiger partial charge is 0.241 e. The Labute approximate surface area is 168 Å². The first-order valence-electron chi connectivity index (χ1n) is 9.60. The van der Waals surface area contributed by atoms with Crippen LogP contribution in [0.2, 0.25) is 0 Å². The molecule has 7 nitrogen and oxygen atoms in total. The van der Waals surface area contributed by atoms with E-state index in [0.29, 0.717) is 18.2 Å². The maximum atomic E-state index is 12.4. The van der Waals surface area contributed by atoms with Crippen LogP contribution in [0.25, 0.3) is 11.4 Å². The average molecular weight is 397 g/mol. The summed E-state index contributed by atoms with van der Waals surface area (Å²) in [7, 11) is 0. The molecule has 3 aromatic rings. The minimum atomic E-state index is -0.310. The molecule has 0 unspecified atom stereocenters. The highest BCUT2D eigenvalue weighted by Gasteiger charge is 2.18. The predicted molar refractivity (Wildman–Crippen MR) is 109 cm³/mol. The van der Waals surface area contributed by atoms with Crippen LogP contribution in [0.15, 0.2) is 30.3 Å². The fraction of sp³-hybridized carbons (Fsp3) is 0.400. The van der Waals surface area contributed by atoms with Crippen LogP contribution in [0.3, 0.4) is 0 Å². The molecule has 2 heterocycles. The number of hydrogen-bond donors (Lipinski definition) is 2. The maximum absolute atomic E-state index is 12.4. The van der Waals surface area contributed by atoms with Gasteiger partial charge in [0.2, 0.25) is 5.91 Å². The third-order valence-corrected chi connectivity index (χ3v) is 5.95. The lowest BCUT2D eigenvalue weighted by Gasteiger charge is -2.08. The first kappa shape index (κ1) is 18.8. The molecule has 1 aliphatic carbocycles. The number of thiazole rings is 1. The van der Waals surface area contributed by atoms with Gasteiger partial charge in [0.15, 0.2) is 5.82 Å². The summed E-state index contributed by atoms with van der Waals surface area (Å²) in [5, 5.41) is 8.56. The number of carbonyl (C=O) groups is 1. The van der Waals surface area contributed by atoms with Crippen molar-refractivity contribution in [2.24, 2.45) is 5.73 Å².